The van der Waals surface area contributed by atoms with E-state index in [0.29, 0.717) is 11.1 Å². The zero-order valence-corrected chi connectivity index (χ0v) is 12.4. The highest BCUT2D eigenvalue weighted by Crippen LogP contribution is 2.22. The number of rotatable bonds is 5. The van der Waals surface area contributed by atoms with E-state index in [1.807, 2.05) is 6.07 Å². The number of sulfone groups is 1. The third-order valence-corrected chi connectivity index (χ3v) is 4.87. The van der Waals surface area contributed by atoms with Gasteiger partial charge in [-0.1, -0.05) is 48.0 Å². The zero-order valence-electron chi connectivity index (χ0n) is 11.6. The third-order valence-electron chi connectivity index (χ3n) is 3.09. The van der Waals surface area contributed by atoms with Crippen molar-refractivity contribution in [1.82, 2.24) is 0 Å². The molecule has 110 valence electrons. The predicted molar refractivity (Wildman–Crippen MR) is 79.9 cm³/mol. The highest BCUT2D eigenvalue weighted by Gasteiger charge is 2.20. The smallest absolute Gasteiger partial charge is 0.307 e. The average molecular weight is 304 g/mol. The maximum atomic E-state index is 12.5. The highest BCUT2D eigenvalue weighted by molar-refractivity contribution is 7.90. The fourth-order valence-corrected chi connectivity index (χ4v) is 3.78. The first-order valence-corrected chi connectivity index (χ1v) is 8.12. The van der Waals surface area contributed by atoms with Gasteiger partial charge in [0, 0.05) is 0 Å². The summed E-state index contributed by atoms with van der Waals surface area (Å²) in [5.41, 5.74) is 1.85. The molecule has 5 heteroatoms. The second kappa shape index (κ2) is 6.10. The average Bonchev–Trinajstić information content (AvgIpc) is 2.38. The van der Waals surface area contributed by atoms with Crippen molar-refractivity contribution in [3.05, 3.63) is 65.2 Å². The van der Waals surface area contributed by atoms with Gasteiger partial charge in [0.05, 0.1) is 17.1 Å². The van der Waals surface area contributed by atoms with Crippen molar-refractivity contribution in [3.8, 4) is 0 Å². The molecule has 0 unspecified atom stereocenters. The van der Waals surface area contributed by atoms with E-state index in [1.54, 1.807) is 43.3 Å². The lowest BCUT2D eigenvalue weighted by atomic mass is 10.1. The maximum Gasteiger partial charge on any atom is 0.307 e. The van der Waals surface area contributed by atoms with Gasteiger partial charge in [-0.25, -0.2) is 8.42 Å². The standard InChI is InChI=1S/C16H16O4S/c1-12-7-8-15(14(9-12)10-16(17)18)21(19,20)11-13-5-3-2-4-6-13/h2-9H,10-11H2,1H3,(H,17,18). The van der Waals surface area contributed by atoms with Gasteiger partial charge in [0.1, 0.15) is 0 Å². The Bertz CT molecular complexity index is 749. The topological polar surface area (TPSA) is 71.4 Å². The van der Waals surface area contributed by atoms with Crippen molar-refractivity contribution in [2.24, 2.45) is 0 Å². The summed E-state index contributed by atoms with van der Waals surface area (Å²) in [7, 11) is -3.57. The summed E-state index contributed by atoms with van der Waals surface area (Å²) >= 11 is 0. The van der Waals surface area contributed by atoms with Crippen LogP contribution in [0.15, 0.2) is 53.4 Å². The Balaban J connectivity index is 2.42. The van der Waals surface area contributed by atoms with E-state index in [-0.39, 0.29) is 17.1 Å². The van der Waals surface area contributed by atoms with Crippen molar-refractivity contribution < 1.29 is 18.3 Å². The van der Waals surface area contributed by atoms with Crippen LogP contribution in [0.2, 0.25) is 0 Å². The van der Waals surface area contributed by atoms with E-state index in [2.05, 4.69) is 0 Å². The molecule has 0 radical (unpaired) electrons. The van der Waals surface area contributed by atoms with Gasteiger partial charge in [-0.05, 0) is 24.1 Å². The van der Waals surface area contributed by atoms with Gasteiger partial charge in [0.15, 0.2) is 9.84 Å². The lowest BCUT2D eigenvalue weighted by molar-refractivity contribution is -0.136. The molecule has 2 aromatic carbocycles. The van der Waals surface area contributed by atoms with E-state index in [1.165, 1.54) is 6.07 Å². The Kier molecular flexibility index (Phi) is 4.43. The molecule has 0 saturated heterocycles. The number of hydrogen-bond acceptors (Lipinski definition) is 3. The summed E-state index contributed by atoms with van der Waals surface area (Å²) in [6.07, 6.45) is -0.301. The second-order valence-electron chi connectivity index (χ2n) is 4.93. The van der Waals surface area contributed by atoms with Gasteiger partial charge in [0.2, 0.25) is 0 Å². The quantitative estimate of drug-likeness (QED) is 0.921. The molecule has 0 bridgehead atoms. The molecule has 0 atom stereocenters. The number of carboxylic acids is 1. The molecule has 0 spiro atoms. The maximum absolute atomic E-state index is 12.5. The largest absolute Gasteiger partial charge is 0.481 e. The minimum atomic E-state index is -3.57. The van der Waals surface area contributed by atoms with Crippen LogP contribution in [-0.2, 0) is 26.8 Å². The van der Waals surface area contributed by atoms with Crippen LogP contribution in [0.25, 0.3) is 0 Å². The summed E-state index contributed by atoms with van der Waals surface area (Å²) in [6.45, 7) is 1.80. The molecule has 2 rings (SSSR count). The minimum Gasteiger partial charge on any atom is -0.481 e. The van der Waals surface area contributed by atoms with E-state index in [4.69, 9.17) is 5.11 Å². The van der Waals surface area contributed by atoms with E-state index < -0.39 is 15.8 Å². The first-order chi connectivity index (χ1) is 9.88. The van der Waals surface area contributed by atoms with Crippen LogP contribution in [0.3, 0.4) is 0 Å². The normalized spacial score (nSPS) is 11.3. The Morgan fingerprint density at radius 3 is 2.38 bits per heavy atom. The highest BCUT2D eigenvalue weighted by atomic mass is 32.2. The first kappa shape index (κ1) is 15.3. The van der Waals surface area contributed by atoms with Crippen LogP contribution < -0.4 is 0 Å². The molecule has 0 fully saturated rings. The van der Waals surface area contributed by atoms with Crippen molar-refractivity contribution >= 4 is 15.8 Å². The number of carbonyl (C=O) groups is 1. The van der Waals surface area contributed by atoms with Gasteiger partial charge < -0.3 is 5.11 Å². The molecular weight excluding hydrogens is 288 g/mol. The summed E-state index contributed by atoms with van der Waals surface area (Å²) in [5.74, 6) is -1.18. The monoisotopic (exact) mass is 304 g/mol. The number of aryl methyl sites for hydroxylation is 1. The van der Waals surface area contributed by atoms with Crippen LogP contribution in [0.1, 0.15) is 16.7 Å². The molecule has 0 aliphatic rings. The minimum absolute atomic E-state index is 0.0966. The molecule has 0 amide bonds. The number of aliphatic carboxylic acids is 1. The Hall–Kier alpha value is -2.14. The number of benzene rings is 2. The second-order valence-corrected chi connectivity index (χ2v) is 6.88. The number of carboxylic acid groups (broad SMARTS) is 1. The van der Waals surface area contributed by atoms with Gasteiger partial charge in [-0.2, -0.15) is 0 Å². The lowest BCUT2D eigenvalue weighted by Gasteiger charge is -2.10. The SMILES string of the molecule is Cc1ccc(S(=O)(=O)Cc2ccccc2)c(CC(=O)O)c1. The van der Waals surface area contributed by atoms with Gasteiger partial charge in [0.25, 0.3) is 0 Å². The molecule has 0 aliphatic heterocycles. The Labute approximate surface area is 124 Å². The zero-order chi connectivity index (χ0) is 15.5. The molecule has 4 nitrogen and oxygen atoms in total. The first-order valence-electron chi connectivity index (χ1n) is 6.46. The summed E-state index contributed by atoms with van der Waals surface area (Å²) in [4.78, 5) is 11.0. The van der Waals surface area contributed by atoms with Crippen molar-refractivity contribution in [1.29, 1.82) is 0 Å². The van der Waals surface area contributed by atoms with Crippen LogP contribution in [0, 0.1) is 6.92 Å². The molecule has 0 heterocycles. The van der Waals surface area contributed by atoms with Crippen LogP contribution in [-0.4, -0.2) is 19.5 Å². The van der Waals surface area contributed by atoms with E-state index in [9.17, 15) is 13.2 Å². The van der Waals surface area contributed by atoms with Crippen molar-refractivity contribution in [2.45, 2.75) is 24.0 Å². The fraction of sp³-hybridized carbons (Fsp3) is 0.188. The van der Waals surface area contributed by atoms with Crippen LogP contribution in [0.4, 0.5) is 0 Å². The molecule has 1 N–H and O–H groups in total. The molecule has 0 saturated carbocycles. The van der Waals surface area contributed by atoms with Gasteiger partial charge in [-0.3, -0.25) is 4.79 Å². The van der Waals surface area contributed by atoms with Crippen molar-refractivity contribution in [3.63, 3.8) is 0 Å². The van der Waals surface area contributed by atoms with Crippen LogP contribution >= 0.6 is 0 Å². The molecule has 0 aliphatic carbocycles. The molecule has 2 aromatic rings. The van der Waals surface area contributed by atoms with Crippen molar-refractivity contribution in [2.75, 3.05) is 0 Å². The lowest BCUT2D eigenvalue weighted by Crippen LogP contribution is -2.11. The molecular formula is C16H16O4S. The Morgan fingerprint density at radius 2 is 1.76 bits per heavy atom. The van der Waals surface area contributed by atoms with E-state index in [0.717, 1.165) is 5.56 Å². The Morgan fingerprint density at radius 1 is 1.10 bits per heavy atom. The van der Waals surface area contributed by atoms with Crippen LogP contribution in [0.5, 0.6) is 0 Å². The molecule has 21 heavy (non-hydrogen) atoms. The molecule has 0 aromatic heterocycles. The predicted octanol–water partition coefficient (Wildman–Crippen LogP) is 2.60. The van der Waals surface area contributed by atoms with Gasteiger partial charge >= 0.3 is 5.97 Å². The fourth-order valence-electron chi connectivity index (χ4n) is 2.18. The summed E-state index contributed by atoms with van der Waals surface area (Å²) in [6, 6.07) is 13.6. The number of hydrogen-bond donors (Lipinski definition) is 1. The third kappa shape index (κ3) is 3.92. The summed E-state index contributed by atoms with van der Waals surface area (Å²) in [5, 5.41) is 8.94. The van der Waals surface area contributed by atoms with E-state index >= 15 is 0 Å². The summed E-state index contributed by atoms with van der Waals surface area (Å²) < 4.78 is 25.0. The van der Waals surface area contributed by atoms with Gasteiger partial charge in [-0.15, -0.1) is 0 Å².